The predicted molar refractivity (Wildman–Crippen MR) is 167 cm³/mol. The van der Waals surface area contributed by atoms with Crippen molar-refractivity contribution in [2.75, 3.05) is 16.0 Å². The van der Waals surface area contributed by atoms with E-state index in [0.717, 1.165) is 28.8 Å². The van der Waals surface area contributed by atoms with Crippen molar-refractivity contribution in [3.63, 3.8) is 0 Å². The fraction of sp³-hybridized carbons (Fsp3) is 0.312. The molecule has 3 unspecified atom stereocenters. The van der Waals surface area contributed by atoms with E-state index >= 15 is 0 Å². The number of urea groups is 1. The Morgan fingerprint density at radius 2 is 1.82 bits per heavy atom. The maximum absolute atomic E-state index is 12.9. The first kappa shape index (κ1) is 30.7. The van der Waals surface area contributed by atoms with Crippen LogP contribution in [0.1, 0.15) is 60.5 Å². The molecule has 2 aliphatic rings. The van der Waals surface area contributed by atoms with Crippen LogP contribution in [0, 0.1) is 6.92 Å². The van der Waals surface area contributed by atoms with Crippen molar-refractivity contribution in [2.24, 2.45) is 4.99 Å². The summed E-state index contributed by atoms with van der Waals surface area (Å²) < 4.78 is 42.7. The number of aromatic nitrogens is 3. The number of halogens is 3. The van der Waals surface area contributed by atoms with Crippen LogP contribution in [0.3, 0.4) is 0 Å². The number of aryl methyl sites for hydroxylation is 1. The molecule has 1 saturated carbocycles. The Kier molecular flexibility index (Phi) is 8.31. The first-order valence-corrected chi connectivity index (χ1v) is 15.4. The summed E-state index contributed by atoms with van der Waals surface area (Å²) in [6.45, 7) is 6.17. The van der Waals surface area contributed by atoms with Gasteiger partial charge in [0.25, 0.3) is 0 Å². The fourth-order valence-electron chi connectivity index (χ4n) is 5.39. The molecule has 45 heavy (non-hydrogen) atoms. The minimum absolute atomic E-state index is 0.111. The third-order valence-electron chi connectivity index (χ3n) is 7.69. The largest absolute Gasteiger partial charge is 0.573 e. The summed E-state index contributed by atoms with van der Waals surface area (Å²) in [5.74, 6) is 1.31. The van der Waals surface area contributed by atoms with Crippen molar-refractivity contribution in [3.8, 4) is 11.4 Å². The average Bonchev–Trinajstić information content (AvgIpc) is 3.47. The minimum atomic E-state index is -4.75. The van der Waals surface area contributed by atoms with Crippen LogP contribution in [0.4, 0.5) is 29.3 Å². The number of rotatable bonds is 7. The smallest absolute Gasteiger partial charge is 0.406 e. The van der Waals surface area contributed by atoms with Gasteiger partial charge < -0.3 is 15.2 Å². The van der Waals surface area contributed by atoms with E-state index in [1.807, 2.05) is 43.3 Å². The number of nitrogens with one attached hydrogen (secondary N) is 1. The highest BCUT2D eigenvalue weighted by molar-refractivity contribution is 8.14. The standard InChI is InChI=1S/C32H31F3N6O3S/c1-18(2)24-13-4-19(3)14-27(24)41-28(42)16-45-31(41)38-30(43)37-21-7-5-20(6-8-21)25-15-26(25)29-36-17-40(39-29)22-9-11-23(12-10-22)44-32(33,34)35/h4-14,17-18,25-26,28,42H,15-16H2,1-3H3,(H,37,43)/b38-31-. The van der Waals surface area contributed by atoms with Crippen LogP contribution in [0.5, 0.6) is 5.75 Å². The molecule has 2 N–H and O–H groups in total. The summed E-state index contributed by atoms with van der Waals surface area (Å²) >= 11 is 1.34. The molecule has 9 nitrogen and oxygen atoms in total. The van der Waals surface area contributed by atoms with Crippen molar-refractivity contribution in [2.45, 2.75) is 57.5 Å². The number of aliphatic hydroxyl groups excluding tert-OH is 1. The number of anilines is 2. The second-order valence-corrected chi connectivity index (χ2v) is 12.4. The lowest BCUT2D eigenvalue weighted by Gasteiger charge is -2.26. The molecule has 1 aliphatic carbocycles. The van der Waals surface area contributed by atoms with Gasteiger partial charge in [0.05, 0.1) is 5.69 Å². The molecule has 2 heterocycles. The molecule has 0 bridgehead atoms. The van der Waals surface area contributed by atoms with Gasteiger partial charge in [-0.2, -0.15) is 10.1 Å². The van der Waals surface area contributed by atoms with Crippen LogP contribution in [-0.4, -0.2) is 49.4 Å². The van der Waals surface area contributed by atoms with E-state index < -0.39 is 18.6 Å². The van der Waals surface area contributed by atoms with E-state index in [2.05, 4.69) is 45.0 Å². The van der Waals surface area contributed by atoms with Gasteiger partial charge in [0.1, 0.15) is 18.3 Å². The van der Waals surface area contributed by atoms with Crippen molar-refractivity contribution in [1.29, 1.82) is 0 Å². The molecule has 4 aromatic rings. The normalized spacial score (nSPS) is 20.6. The number of carbonyl (C=O) groups is 1. The van der Waals surface area contributed by atoms with E-state index in [4.69, 9.17) is 0 Å². The van der Waals surface area contributed by atoms with Crippen LogP contribution >= 0.6 is 11.8 Å². The lowest BCUT2D eigenvalue weighted by Crippen LogP contribution is -2.35. The van der Waals surface area contributed by atoms with Gasteiger partial charge in [-0.05, 0) is 84.3 Å². The third-order valence-corrected chi connectivity index (χ3v) is 8.70. The van der Waals surface area contributed by atoms with Crippen LogP contribution in [0.2, 0.25) is 0 Å². The van der Waals surface area contributed by atoms with E-state index in [9.17, 15) is 23.1 Å². The van der Waals surface area contributed by atoms with Gasteiger partial charge in [-0.25, -0.2) is 14.5 Å². The molecule has 1 aromatic heterocycles. The molecule has 3 aromatic carbocycles. The topological polar surface area (TPSA) is 105 Å². The molecule has 0 spiro atoms. The van der Waals surface area contributed by atoms with Crippen molar-refractivity contribution in [1.82, 2.24) is 14.8 Å². The molecular weight excluding hydrogens is 605 g/mol. The molecule has 234 valence electrons. The van der Waals surface area contributed by atoms with Gasteiger partial charge in [0.2, 0.25) is 0 Å². The molecule has 3 atom stereocenters. The van der Waals surface area contributed by atoms with E-state index in [1.54, 1.807) is 4.90 Å². The highest BCUT2D eigenvalue weighted by Crippen LogP contribution is 2.53. The van der Waals surface area contributed by atoms with Crippen LogP contribution in [0.15, 0.2) is 78.0 Å². The van der Waals surface area contributed by atoms with Crippen LogP contribution in [0.25, 0.3) is 5.69 Å². The maximum Gasteiger partial charge on any atom is 0.573 e. The average molecular weight is 637 g/mol. The molecule has 6 rings (SSSR count). The predicted octanol–water partition coefficient (Wildman–Crippen LogP) is 7.33. The number of ether oxygens (including phenoxy) is 1. The number of aliphatic hydroxyl groups is 1. The number of nitrogens with zero attached hydrogens (tertiary/aromatic N) is 5. The molecule has 2 fully saturated rings. The lowest BCUT2D eigenvalue weighted by molar-refractivity contribution is -0.274. The molecule has 2 amide bonds. The molecule has 13 heteroatoms. The zero-order valence-electron chi connectivity index (χ0n) is 24.7. The number of aliphatic imine (C=N–C) groups is 1. The summed E-state index contributed by atoms with van der Waals surface area (Å²) in [6.07, 6.45) is -3.14. The van der Waals surface area contributed by atoms with Gasteiger partial charge in [0.15, 0.2) is 11.0 Å². The van der Waals surface area contributed by atoms with Crippen molar-refractivity contribution < 1.29 is 27.8 Å². The van der Waals surface area contributed by atoms with Crippen molar-refractivity contribution >= 4 is 34.3 Å². The Morgan fingerprint density at radius 1 is 1.09 bits per heavy atom. The SMILES string of the molecule is Cc1ccc(C(C)C)c(N2/C(=N/C(=O)Nc3ccc(C4CC4c4ncn(-c5ccc(OC(F)(F)F)cc5)n4)cc3)SCC2O)c1. The molecular formula is C32H31F3N6O3S. The first-order chi connectivity index (χ1) is 21.4. The minimum Gasteiger partial charge on any atom is -0.406 e. The van der Waals surface area contributed by atoms with Crippen molar-refractivity contribution in [3.05, 3.63) is 95.6 Å². The molecule has 1 saturated heterocycles. The van der Waals surface area contributed by atoms with Gasteiger partial charge in [-0.3, -0.25) is 4.90 Å². The number of benzene rings is 3. The van der Waals surface area contributed by atoms with E-state index in [0.29, 0.717) is 28.1 Å². The quantitative estimate of drug-likeness (QED) is 0.219. The van der Waals surface area contributed by atoms with Gasteiger partial charge in [-0.15, -0.1) is 13.2 Å². The number of amidine groups is 1. The highest BCUT2D eigenvalue weighted by atomic mass is 32.2. The van der Waals surface area contributed by atoms with E-state index in [-0.39, 0.29) is 23.5 Å². The van der Waals surface area contributed by atoms with Gasteiger partial charge in [0, 0.05) is 23.0 Å². The Balaban J connectivity index is 1.08. The highest BCUT2D eigenvalue weighted by Gasteiger charge is 2.42. The number of hydrogen-bond acceptors (Lipinski definition) is 6. The van der Waals surface area contributed by atoms with Crippen LogP contribution < -0.4 is 15.0 Å². The summed E-state index contributed by atoms with van der Waals surface area (Å²) in [7, 11) is 0. The van der Waals surface area contributed by atoms with Gasteiger partial charge >= 0.3 is 12.4 Å². The number of amides is 2. The Hall–Kier alpha value is -4.36. The number of thioether (sulfide) groups is 1. The first-order valence-electron chi connectivity index (χ1n) is 14.4. The summed E-state index contributed by atoms with van der Waals surface area (Å²) in [5.41, 5.74) is 5.22. The summed E-state index contributed by atoms with van der Waals surface area (Å²) in [4.78, 5) is 23.4. The number of alkyl halides is 3. The molecule has 1 aliphatic heterocycles. The second kappa shape index (κ2) is 12.2. The molecule has 0 radical (unpaired) electrons. The zero-order chi connectivity index (χ0) is 31.9. The fourth-order valence-corrected chi connectivity index (χ4v) is 6.35. The maximum atomic E-state index is 12.9. The summed E-state index contributed by atoms with van der Waals surface area (Å²) in [5, 5.41) is 18.6. The zero-order valence-corrected chi connectivity index (χ0v) is 25.5. The summed E-state index contributed by atoms with van der Waals surface area (Å²) in [6, 6.07) is 18.6. The second-order valence-electron chi connectivity index (χ2n) is 11.4. The number of hydrogen-bond donors (Lipinski definition) is 2. The third kappa shape index (κ3) is 6.99. The lowest BCUT2D eigenvalue weighted by atomic mass is 9.98. The van der Waals surface area contributed by atoms with Crippen LogP contribution in [-0.2, 0) is 0 Å². The van der Waals surface area contributed by atoms with E-state index in [1.165, 1.54) is 47.0 Å². The van der Waals surface area contributed by atoms with Gasteiger partial charge in [-0.1, -0.05) is 49.9 Å². The Labute approximate surface area is 262 Å². The Bertz CT molecular complexity index is 1720. The Morgan fingerprint density at radius 3 is 2.51 bits per heavy atom. The number of carbonyl (C=O) groups excluding carboxylic acids is 1. The monoisotopic (exact) mass is 636 g/mol.